The maximum atomic E-state index is 6.14. The van der Waals surface area contributed by atoms with E-state index in [1.54, 1.807) is 0 Å². The van der Waals surface area contributed by atoms with Gasteiger partial charge in [0.1, 0.15) is 0 Å². The number of anilines is 2. The first-order valence-electron chi connectivity index (χ1n) is 8.24. The van der Waals surface area contributed by atoms with E-state index >= 15 is 0 Å². The van der Waals surface area contributed by atoms with Crippen molar-refractivity contribution in [3.8, 4) is 11.1 Å². The van der Waals surface area contributed by atoms with E-state index in [9.17, 15) is 0 Å². The number of nitrogens with zero attached hydrogens (tertiary/aromatic N) is 2. The van der Waals surface area contributed by atoms with Crippen LogP contribution in [-0.4, -0.2) is 12.4 Å². The molecule has 4 heteroatoms. The standard InChI is InChI=1S/C20H26N4/c1-13(2)11-23-19-8-6-15(9-18(19)22)16-5-7-17(21)20(10-16)24-12-14(3)4/h5-14H,21-22H2,1-4H3. The van der Waals surface area contributed by atoms with E-state index < -0.39 is 0 Å². The summed E-state index contributed by atoms with van der Waals surface area (Å²) in [6.45, 7) is 8.34. The van der Waals surface area contributed by atoms with Crippen molar-refractivity contribution in [2.75, 3.05) is 11.5 Å². The lowest BCUT2D eigenvalue weighted by molar-refractivity contribution is 0.907. The van der Waals surface area contributed by atoms with Crippen molar-refractivity contribution in [3.05, 3.63) is 36.4 Å². The van der Waals surface area contributed by atoms with Gasteiger partial charge >= 0.3 is 0 Å². The Morgan fingerprint density at radius 3 is 1.83 bits per heavy atom. The highest BCUT2D eigenvalue weighted by atomic mass is 14.8. The number of benzene rings is 2. The van der Waals surface area contributed by atoms with Gasteiger partial charge in [0.15, 0.2) is 0 Å². The van der Waals surface area contributed by atoms with Crippen molar-refractivity contribution < 1.29 is 0 Å². The summed E-state index contributed by atoms with van der Waals surface area (Å²) in [4.78, 5) is 8.90. The van der Waals surface area contributed by atoms with E-state index in [1.165, 1.54) is 0 Å². The average molecular weight is 322 g/mol. The van der Waals surface area contributed by atoms with Crippen LogP contribution in [0.2, 0.25) is 0 Å². The van der Waals surface area contributed by atoms with E-state index in [4.69, 9.17) is 11.5 Å². The van der Waals surface area contributed by atoms with Crippen LogP contribution in [0.25, 0.3) is 11.1 Å². The second kappa shape index (κ2) is 7.77. The van der Waals surface area contributed by atoms with Gasteiger partial charge in [0.2, 0.25) is 0 Å². The lowest BCUT2D eigenvalue weighted by Crippen LogP contribution is -1.91. The number of aliphatic imine (C=N–C) groups is 2. The van der Waals surface area contributed by atoms with Crippen LogP contribution in [0.1, 0.15) is 27.7 Å². The Morgan fingerprint density at radius 2 is 1.25 bits per heavy atom. The van der Waals surface area contributed by atoms with Crippen LogP contribution >= 0.6 is 0 Å². The van der Waals surface area contributed by atoms with Gasteiger partial charge in [0, 0.05) is 12.4 Å². The Morgan fingerprint density at radius 1 is 0.708 bits per heavy atom. The average Bonchev–Trinajstić information content (AvgIpc) is 2.52. The van der Waals surface area contributed by atoms with Crippen molar-refractivity contribution in [2.24, 2.45) is 21.8 Å². The molecule has 0 spiro atoms. The first kappa shape index (κ1) is 17.7. The van der Waals surface area contributed by atoms with Crippen LogP contribution in [0.3, 0.4) is 0 Å². The number of rotatable bonds is 5. The summed E-state index contributed by atoms with van der Waals surface area (Å²) >= 11 is 0. The molecule has 0 amide bonds. The molecule has 2 aromatic carbocycles. The summed E-state index contributed by atoms with van der Waals surface area (Å²) < 4.78 is 0. The maximum Gasteiger partial charge on any atom is 0.0861 e. The van der Waals surface area contributed by atoms with Gasteiger partial charge in [-0.15, -0.1) is 0 Å². The molecule has 0 unspecified atom stereocenters. The molecule has 0 saturated carbocycles. The smallest absolute Gasteiger partial charge is 0.0861 e. The molecular formula is C20H26N4. The summed E-state index contributed by atoms with van der Waals surface area (Å²) in [5.41, 5.74) is 17.1. The van der Waals surface area contributed by atoms with Gasteiger partial charge in [-0.3, -0.25) is 9.98 Å². The van der Waals surface area contributed by atoms with Gasteiger partial charge in [-0.25, -0.2) is 0 Å². The van der Waals surface area contributed by atoms with E-state index in [2.05, 4.69) is 37.7 Å². The summed E-state index contributed by atoms with van der Waals surface area (Å²) in [6.07, 6.45) is 3.79. The van der Waals surface area contributed by atoms with E-state index in [0.29, 0.717) is 23.2 Å². The van der Waals surface area contributed by atoms with E-state index in [1.807, 2.05) is 48.8 Å². The third kappa shape index (κ3) is 4.69. The first-order valence-corrected chi connectivity index (χ1v) is 8.24. The normalized spacial score (nSPS) is 12.1. The van der Waals surface area contributed by atoms with E-state index in [0.717, 1.165) is 22.5 Å². The topological polar surface area (TPSA) is 76.8 Å². The Bertz CT molecular complexity index is 758. The monoisotopic (exact) mass is 322 g/mol. The minimum Gasteiger partial charge on any atom is -0.397 e. The molecule has 2 rings (SSSR count). The molecule has 0 aromatic heterocycles. The summed E-state index contributed by atoms with van der Waals surface area (Å²) in [6, 6.07) is 11.7. The van der Waals surface area contributed by atoms with Crippen LogP contribution in [0.4, 0.5) is 22.7 Å². The second-order valence-electron chi connectivity index (χ2n) is 6.59. The zero-order chi connectivity index (χ0) is 17.7. The van der Waals surface area contributed by atoms with Crippen molar-refractivity contribution in [1.82, 2.24) is 0 Å². The Balaban J connectivity index is 2.35. The molecule has 4 N–H and O–H groups in total. The Hall–Kier alpha value is -2.62. The molecule has 24 heavy (non-hydrogen) atoms. The van der Waals surface area contributed by atoms with Crippen molar-refractivity contribution in [3.63, 3.8) is 0 Å². The van der Waals surface area contributed by atoms with Crippen LogP contribution in [0, 0.1) is 11.8 Å². The zero-order valence-electron chi connectivity index (χ0n) is 14.8. The van der Waals surface area contributed by atoms with Crippen LogP contribution in [0.15, 0.2) is 46.4 Å². The molecule has 0 aliphatic rings. The Labute approximate surface area is 144 Å². The van der Waals surface area contributed by atoms with Crippen LogP contribution < -0.4 is 11.5 Å². The SMILES string of the molecule is CC(C)C=Nc1ccc(-c2ccc(N)c(N=CC(C)C)c2)cc1N. The lowest BCUT2D eigenvalue weighted by Gasteiger charge is -2.08. The molecule has 0 aliphatic heterocycles. The minimum atomic E-state index is 0.377. The van der Waals surface area contributed by atoms with Gasteiger partial charge in [0.25, 0.3) is 0 Å². The fourth-order valence-corrected chi connectivity index (χ4v) is 2.15. The van der Waals surface area contributed by atoms with Crippen LogP contribution in [-0.2, 0) is 0 Å². The van der Waals surface area contributed by atoms with Crippen molar-refractivity contribution >= 4 is 35.2 Å². The number of nitrogen functional groups attached to an aromatic ring is 2. The fourth-order valence-electron chi connectivity index (χ4n) is 2.15. The highest BCUT2D eigenvalue weighted by Gasteiger charge is 2.05. The first-order chi connectivity index (χ1) is 11.4. The predicted octanol–water partition coefficient (Wildman–Crippen LogP) is 5.23. The third-order valence-electron chi connectivity index (χ3n) is 3.41. The molecule has 4 nitrogen and oxygen atoms in total. The van der Waals surface area contributed by atoms with Crippen molar-refractivity contribution in [1.29, 1.82) is 0 Å². The quantitative estimate of drug-likeness (QED) is 0.583. The molecular weight excluding hydrogens is 296 g/mol. The van der Waals surface area contributed by atoms with Crippen molar-refractivity contribution in [2.45, 2.75) is 27.7 Å². The molecule has 0 bridgehead atoms. The van der Waals surface area contributed by atoms with Gasteiger partial charge in [-0.1, -0.05) is 39.8 Å². The van der Waals surface area contributed by atoms with Gasteiger partial charge in [-0.2, -0.15) is 0 Å². The fraction of sp³-hybridized carbons (Fsp3) is 0.300. The zero-order valence-corrected chi connectivity index (χ0v) is 14.8. The van der Waals surface area contributed by atoms with Gasteiger partial charge in [-0.05, 0) is 47.2 Å². The number of hydrogen-bond acceptors (Lipinski definition) is 4. The van der Waals surface area contributed by atoms with Gasteiger partial charge < -0.3 is 11.5 Å². The minimum absolute atomic E-state index is 0.377. The molecule has 0 aliphatic carbocycles. The molecule has 2 aromatic rings. The number of nitrogens with two attached hydrogens (primary N) is 2. The number of hydrogen-bond donors (Lipinski definition) is 2. The van der Waals surface area contributed by atoms with Gasteiger partial charge in [0.05, 0.1) is 22.7 Å². The molecule has 0 fully saturated rings. The molecule has 126 valence electrons. The highest BCUT2D eigenvalue weighted by Crippen LogP contribution is 2.33. The highest BCUT2D eigenvalue weighted by molar-refractivity contribution is 5.81. The van der Waals surface area contributed by atoms with E-state index in [-0.39, 0.29) is 0 Å². The van der Waals surface area contributed by atoms with Crippen LogP contribution in [0.5, 0.6) is 0 Å². The summed E-state index contributed by atoms with van der Waals surface area (Å²) in [5, 5.41) is 0. The lowest BCUT2D eigenvalue weighted by atomic mass is 10.0. The third-order valence-corrected chi connectivity index (χ3v) is 3.41. The maximum absolute atomic E-state index is 6.14. The Kier molecular flexibility index (Phi) is 5.74. The predicted molar refractivity (Wildman–Crippen MR) is 107 cm³/mol. The largest absolute Gasteiger partial charge is 0.397 e. The summed E-state index contributed by atoms with van der Waals surface area (Å²) in [5.74, 6) is 0.768. The molecule has 0 atom stereocenters. The summed E-state index contributed by atoms with van der Waals surface area (Å²) in [7, 11) is 0. The molecule has 0 radical (unpaired) electrons. The second-order valence-corrected chi connectivity index (χ2v) is 6.59. The molecule has 0 heterocycles. The molecule has 0 saturated heterocycles.